The zero-order valence-corrected chi connectivity index (χ0v) is 13.0. The molecule has 0 aliphatic rings. The molecule has 0 radical (unpaired) electrons. The van der Waals surface area contributed by atoms with Gasteiger partial charge in [0.05, 0.1) is 6.04 Å². The third kappa shape index (κ3) is 3.33. The summed E-state index contributed by atoms with van der Waals surface area (Å²) in [5.74, 6) is 0.611. The van der Waals surface area contributed by atoms with Crippen LogP contribution in [0.25, 0.3) is 0 Å². The maximum absolute atomic E-state index is 11.6. The van der Waals surface area contributed by atoms with E-state index in [9.17, 15) is 8.42 Å². The molecule has 0 aliphatic heterocycles. The number of nitrogens with one attached hydrogen (secondary N) is 2. The molecule has 2 N–H and O–H groups in total. The van der Waals surface area contributed by atoms with Crippen molar-refractivity contribution in [1.29, 1.82) is 0 Å². The van der Waals surface area contributed by atoms with Crippen molar-refractivity contribution < 1.29 is 8.42 Å². The Kier molecular flexibility index (Phi) is 4.36. The number of aromatic nitrogens is 2. The Balaban J connectivity index is 2.11. The van der Waals surface area contributed by atoms with Gasteiger partial charge in [-0.05, 0) is 33.0 Å². The number of nitrogens with zero attached hydrogens (tertiary/aromatic N) is 2. The third-order valence-corrected chi connectivity index (χ3v) is 5.18. The van der Waals surface area contributed by atoms with E-state index in [1.807, 2.05) is 20.0 Å². The van der Waals surface area contributed by atoms with Crippen molar-refractivity contribution in [2.24, 2.45) is 0 Å². The molecule has 6 nitrogen and oxygen atoms in total. The van der Waals surface area contributed by atoms with E-state index in [2.05, 4.69) is 20.0 Å². The van der Waals surface area contributed by atoms with Gasteiger partial charge in [-0.2, -0.15) is 0 Å². The van der Waals surface area contributed by atoms with Crippen LogP contribution in [-0.2, 0) is 10.0 Å². The molecule has 2 aromatic heterocycles. The van der Waals surface area contributed by atoms with Crippen LogP contribution in [0.5, 0.6) is 0 Å². The van der Waals surface area contributed by atoms with Gasteiger partial charge in [-0.1, -0.05) is 0 Å². The Morgan fingerprint density at radius 1 is 1.25 bits per heavy atom. The fourth-order valence-corrected chi connectivity index (χ4v) is 3.05. The van der Waals surface area contributed by atoms with Crippen LogP contribution < -0.4 is 10.0 Å². The molecule has 2 aromatic rings. The van der Waals surface area contributed by atoms with Crippen molar-refractivity contribution in [3.8, 4) is 0 Å². The van der Waals surface area contributed by atoms with Gasteiger partial charge in [0.2, 0.25) is 10.0 Å². The van der Waals surface area contributed by atoms with Crippen molar-refractivity contribution in [3.63, 3.8) is 0 Å². The standard InChI is InChI=1S/C12H16N4O2S2/c1-8-6-15-12(19-8)9(2)16-11-5-4-10(7-14-11)20(17,18)13-3/h4-7,9,13H,1-3H3,(H,14,16). The molecule has 0 amide bonds. The molecule has 1 atom stereocenters. The van der Waals surface area contributed by atoms with Crippen molar-refractivity contribution in [2.75, 3.05) is 12.4 Å². The summed E-state index contributed by atoms with van der Waals surface area (Å²) in [6, 6.07) is 3.18. The van der Waals surface area contributed by atoms with E-state index < -0.39 is 10.0 Å². The molecule has 0 spiro atoms. The van der Waals surface area contributed by atoms with Gasteiger partial charge < -0.3 is 5.32 Å². The Bertz CT molecular complexity index is 680. The monoisotopic (exact) mass is 312 g/mol. The van der Waals surface area contributed by atoms with Crippen LogP contribution in [0.2, 0.25) is 0 Å². The highest BCUT2D eigenvalue weighted by atomic mass is 32.2. The van der Waals surface area contributed by atoms with Crippen molar-refractivity contribution in [3.05, 3.63) is 34.4 Å². The first-order chi connectivity index (χ1) is 9.42. The summed E-state index contributed by atoms with van der Waals surface area (Å²) in [5, 5.41) is 4.16. The highest BCUT2D eigenvalue weighted by molar-refractivity contribution is 7.89. The number of anilines is 1. The SMILES string of the molecule is CNS(=O)(=O)c1ccc(NC(C)c2ncc(C)s2)nc1. The average molecular weight is 312 g/mol. The molecule has 0 fully saturated rings. The first-order valence-electron chi connectivity index (χ1n) is 6.01. The Morgan fingerprint density at radius 3 is 2.50 bits per heavy atom. The molecule has 0 bridgehead atoms. The highest BCUT2D eigenvalue weighted by Crippen LogP contribution is 2.22. The second kappa shape index (κ2) is 5.86. The highest BCUT2D eigenvalue weighted by Gasteiger charge is 2.13. The normalized spacial score (nSPS) is 13.2. The first kappa shape index (κ1) is 14.9. The lowest BCUT2D eigenvalue weighted by atomic mass is 10.3. The van der Waals surface area contributed by atoms with E-state index in [0.29, 0.717) is 5.82 Å². The second-order valence-electron chi connectivity index (χ2n) is 4.26. The fourth-order valence-electron chi connectivity index (χ4n) is 1.60. The number of thiazole rings is 1. The summed E-state index contributed by atoms with van der Waals surface area (Å²) in [6.45, 7) is 3.99. The van der Waals surface area contributed by atoms with Gasteiger partial charge >= 0.3 is 0 Å². The first-order valence-corrected chi connectivity index (χ1v) is 8.31. The van der Waals surface area contributed by atoms with Gasteiger partial charge in [0.15, 0.2) is 0 Å². The summed E-state index contributed by atoms with van der Waals surface area (Å²) >= 11 is 1.62. The molecule has 108 valence electrons. The van der Waals surface area contributed by atoms with Crippen LogP contribution in [0.4, 0.5) is 5.82 Å². The smallest absolute Gasteiger partial charge is 0.241 e. The fraction of sp³-hybridized carbons (Fsp3) is 0.333. The summed E-state index contributed by atoms with van der Waals surface area (Å²) in [6.07, 6.45) is 3.15. The van der Waals surface area contributed by atoms with Gasteiger partial charge in [0.25, 0.3) is 0 Å². The summed E-state index contributed by atoms with van der Waals surface area (Å²) < 4.78 is 25.4. The molecular weight excluding hydrogens is 296 g/mol. The number of hydrogen-bond acceptors (Lipinski definition) is 6. The molecule has 0 aromatic carbocycles. The third-order valence-electron chi connectivity index (χ3n) is 2.69. The van der Waals surface area contributed by atoms with Crippen molar-refractivity contribution in [1.82, 2.24) is 14.7 Å². The zero-order chi connectivity index (χ0) is 14.8. The van der Waals surface area contributed by atoms with Crippen LogP contribution in [-0.4, -0.2) is 25.4 Å². The molecule has 2 heterocycles. The number of pyridine rings is 1. The maximum atomic E-state index is 11.6. The molecule has 0 saturated carbocycles. The van der Waals surface area contributed by atoms with Crippen LogP contribution >= 0.6 is 11.3 Å². The molecule has 0 saturated heterocycles. The topological polar surface area (TPSA) is 84.0 Å². The van der Waals surface area contributed by atoms with Gasteiger partial charge in [-0.3, -0.25) is 0 Å². The van der Waals surface area contributed by atoms with E-state index in [-0.39, 0.29) is 10.9 Å². The average Bonchev–Trinajstić information content (AvgIpc) is 2.86. The van der Waals surface area contributed by atoms with Gasteiger partial charge in [0.1, 0.15) is 15.7 Å². The second-order valence-corrected chi connectivity index (χ2v) is 7.41. The molecule has 8 heteroatoms. The predicted octanol–water partition coefficient (Wildman–Crippen LogP) is 1.93. The van der Waals surface area contributed by atoms with Crippen LogP contribution in [0.1, 0.15) is 22.9 Å². The van der Waals surface area contributed by atoms with Crippen LogP contribution in [0.3, 0.4) is 0 Å². The Hall–Kier alpha value is -1.51. The number of sulfonamides is 1. The molecular formula is C12H16N4O2S2. The van der Waals surface area contributed by atoms with Gasteiger partial charge in [-0.25, -0.2) is 23.1 Å². The predicted molar refractivity (Wildman–Crippen MR) is 79.4 cm³/mol. The van der Waals surface area contributed by atoms with E-state index in [1.54, 1.807) is 17.4 Å². The quantitative estimate of drug-likeness (QED) is 0.881. The van der Waals surface area contributed by atoms with E-state index in [0.717, 1.165) is 9.88 Å². The Morgan fingerprint density at radius 2 is 2.00 bits per heavy atom. The summed E-state index contributed by atoms with van der Waals surface area (Å²) in [4.78, 5) is 9.71. The molecule has 0 aliphatic carbocycles. The van der Waals surface area contributed by atoms with Crippen LogP contribution in [0.15, 0.2) is 29.4 Å². The molecule has 20 heavy (non-hydrogen) atoms. The number of aryl methyl sites for hydroxylation is 1. The van der Waals surface area contributed by atoms with E-state index >= 15 is 0 Å². The summed E-state index contributed by atoms with van der Waals surface area (Å²) in [5.41, 5.74) is 0. The minimum atomic E-state index is -3.44. The zero-order valence-electron chi connectivity index (χ0n) is 11.4. The van der Waals surface area contributed by atoms with Gasteiger partial charge in [-0.15, -0.1) is 11.3 Å². The molecule has 1 unspecified atom stereocenters. The number of rotatable bonds is 5. The lowest BCUT2D eigenvalue weighted by Crippen LogP contribution is -2.18. The van der Waals surface area contributed by atoms with E-state index in [4.69, 9.17) is 0 Å². The largest absolute Gasteiger partial charge is 0.361 e. The molecule has 2 rings (SSSR count). The minimum Gasteiger partial charge on any atom is -0.361 e. The Labute approximate surface area is 122 Å². The number of hydrogen-bond donors (Lipinski definition) is 2. The van der Waals surface area contributed by atoms with Crippen molar-refractivity contribution in [2.45, 2.75) is 24.8 Å². The van der Waals surface area contributed by atoms with Gasteiger partial charge in [0, 0.05) is 17.3 Å². The minimum absolute atomic E-state index is 0.0213. The lowest BCUT2D eigenvalue weighted by Gasteiger charge is -2.12. The van der Waals surface area contributed by atoms with Crippen molar-refractivity contribution >= 4 is 27.2 Å². The van der Waals surface area contributed by atoms with Crippen LogP contribution in [0, 0.1) is 6.92 Å². The maximum Gasteiger partial charge on any atom is 0.241 e. The lowest BCUT2D eigenvalue weighted by molar-refractivity contribution is 0.588. The summed E-state index contributed by atoms with van der Waals surface area (Å²) in [7, 11) is -2.07. The van der Waals surface area contributed by atoms with E-state index in [1.165, 1.54) is 19.3 Å².